The van der Waals surface area contributed by atoms with Gasteiger partial charge in [0.2, 0.25) is 0 Å². The number of carbonyl (C=O) groups excluding carboxylic acids is 1. The lowest BCUT2D eigenvalue weighted by atomic mass is 10.2. The van der Waals surface area contributed by atoms with Crippen molar-refractivity contribution < 1.29 is 14.7 Å². The van der Waals surface area contributed by atoms with E-state index in [1.165, 1.54) is 11.7 Å². The lowest BCUT2D eigenvalue weighted by Gasteiger charge is -2.15. The summed E-state index contributed by atoms with van der Waals surface area (Å²) in [6.07, 6.45) is 1.79. The molecule has 0 saturated heterocycles. The number of hydrogen-bond acceptors (Lipinski definition) is 4. The van der Waals surface area contributed by atoms with E-state index in [-0.39, 0.29) is 17.3 Å². The first kappa shape index (κ1) is 18.0. The number of aryl methyl sites for hydroxylation is 2. The summed E-state index contributed by atoms with van der Waals surface area (Å²) >= 11 is 6.14. The minimum atomic E-state index is -1.18. The van der Waals surface area contributed by atoms with Gasteiger partial charge in [0.15, 0.2) is 0 Å². The summed E-state index contributed by atoms with van der Waals surface area (Å²) in [6.45, 7) is 6.09. The van der Waals surface area contributed by atoms with Crippen molar-refractivity contribution in [1.29, 1.82) is 0 Å². The van der Waals surface area contributed by atoms with E-state index < -0.39 is 11.9 Å². The molecule has 8 nitrogen and oxygen atoms in total. The predicted molar refractivity (Wildman–Crippen MR) is 88.5 cm³/mol. The van der Waals surface area contributed by atoms with Crippen LogP contribution in [0.15, 0.2) is 6.20 Å². The van der Waals surface area contributed by atoms with Crippen molar-refractivity contribution in [1.82, 2.24) is 24.9 Å². The monoisotopic (exact) mass is 353 g/mol. The Bertz CT molecular complexity index is 780. The van der Waals surface area contributed by atoms with Crippen LogP contribution < -0.4 is 5.32 Å². The molecule has 2 aromatic rings. The number of halogens is 1. The normalized spacial score (nSPS) is 12.2. The van der Waals surface area contributed by atoms with Crippen molar-refractivity contribution in [2.75, 3.05) is 6.54 Å². The molecule has 0 aliphatic carbocycles. The van der Waals surface area contributed by atoms with Crippen molar-refractivity contribution in [3.63, 3.8) is 0 Å². The quantitative estimate of drug-likeness (QED) is 0.826. The Morgan fingerprint density at radius 1 is 1.42 bits per heavy atom. The predicted octanol–water partition coefficient (Wildman–Crippen LogP) is 1.97. The highest BCUT2D eigenvalue weighted by molar-refractivity contribution is 6.31. The minimum absolute atomic E-state index is 0.0318. The van der Waals surface area contributed by atoms with Crippen molar-refractivity contribution in [3.05, 3.63) is 33.9 Å². The molecule has 0 aliphatic heterocycles. The number of carbonyl (C=O) groups is 2. The number of aromatic nitrogens is 4. The van der Waals surface area contributed by atoms with Crippen LogP contribution in [0.1, 0.15) is 51.6 Å². The fraction of sp³-hybridized carbons (Fsp3) is 0.467. The maximum absolute atomic E-state index is 12.2. The van der Waals surface area contributed by atoms with E-state index in [2.05, 4.69) is 15.5 Å². The van der Waals surface area contributed by atoms with Gasteiger partial charge in [0.05, 0.1) is 28.6 Å². The van der Waals surface area contributed by atoms with E-state index in [4.69, 9.17) is 16.7 Å². The average Bonchev–Trinajstić information content (AvgIpc) is 3.02. The zero-order valence-corrected chi connectivity index (χ0v) is 14.8. The molecule has 0 radical (unpaired) electrons. The van der Waals surface area contributed by atoms with Crippen LogP contribution >= 0.6 is 11.6 Å². The van der Waals surface area contributed by atoms with Crippen molar-refractivity contribution in [3.8, 4) is 0 Å². The molecule has 2 heterocycles. The standard InChI is InChI=1S/C15H20ClN5O3/c1-8(21-10(3)12(16)9(2)19-21)5-6-17-14(22)13-11(15(23)24)7-18-20(13)4/h7-8H,5-6H2,1-4H3,(H,17,22)(H,23,24)/t8-/m0/s1. The maximum Gasteiger partial charge on any atom is 0.339 e. The van der Waals surface area contributed by atoms with E-state index >= 15 is 0 Å². The third-order valence-electron chi connectivity index (χ3n) is 3.89. The molecule has 9 heteroatoms. The summed E-state index contributed by atoms with van der Waals surface area (Å²) in [5, 5.41) is 20.7. The molecule has 0 aliphatic rings. The Morgan fingerprint density at radius 2 is 2.08 bits per heavy atom. The number of amides is 1. The van der Waals surface area contributed by atoms with Crippen molar-refractivity contribution >= 4 is 23.5 Å². The van der Waals surface area contributed by atoms with E-state index in [0.29, 0.717) is 18.0 Å². The molecule has 0 unspecified atom stereocenters. The molecule has 0 spiro atoms. The van der Waals surface area contributed by atoms with Gasteiger partial charge in [-0.25, -0.2) is 4.79 Å². The number of nitrogens with zero attached hydrogens (tertiary/aromatic N) is 4. The summed E-state index contributed by atoms with van der Waals surface area (Å²) < 4.78 is 3.08. The molecule has 0 fully saturated rings. The number of nitrogens with one attached hydrogen (secondary N) is 1. The first-order valence-electron chi connectivity index (χ1n) is 7.48. The summed E-state index contributed by atoms with van der Waals surface area (Å²) in [7, 11) is 1.53. The van der Waals surface area contributed by atoms with E-state index in [1.807, 2.05) is 25.5 Å². The van der Waals surface area contributed by atoms with Gasteiger partial charge in [0.1, 0.15) is 11.3 Å². The van der Waals surface area contributed by atoms with Gasteiger partial charge in [-0.15, -0.1) is 0 Å². The highest BCUT2D eigenvalue weighted by atomic mass is 35.5. The first-order valence-corrected chi connectivity index (χ1v) is 7.86. The van der Waals surface area contributed by atoms with Gasteiger partial charge in [-0.1, -0.05) is 11.6 Å². The molecule has 130 valence electrons. The Balaban J connectivity index is 1.99. The summed E-state index contributed by atoms with van der Waals surface area (Å²) in [5.41, 5.74) is 1.57. The maximum atomic E-state index is 12.2. The van der Waals surface area contributed by atoms with Crippen LogP contribution in [-0.4, -0.2) is 43.1 Å². The minimum Gasteiger partial charge on any atom is -0.478 e. The molecular formula is C15H20ClN5O3. The van der Waals surface area contributed by atoms with Crippen LogP contribution in [0, 0.1) is 13.8 Å². The lowest BCUT2D eigenvalue weighted by molar-refractivity contribution is 0.0690. The number of rotatable bonds is 6. The fourth-order valence-corrected chi connectivity index (χ4v) is 2.66. The molecule has 0 saturated carbocycles. The summed E-state index contributed by atoms with van der Waals surface area (Å²) in [6, 6.07) is 0.0435. The second kappa shape index (κ2) is 7.04. The summed E-state index contributed by atoms with van der Waals surface area (Å²) in [5.74, 6) is -1.65. The van der Waals surface area contributed by atoms with E-state index in [1.54, 1.807) is 0 Å². The van der Waals surface area contributed by atoms with Crippen LogP contribution in [0.5, 0.6) is 0 Å². The Kier molecular flexibility index (Phi) is 5.28. The van der Waals surface area contributed by atoms with Crippen LogP contribution in [0.2, 0.25) is 5.02 Å². The van der Waals surface area contributed by atoms with E-state index in [0.717, 1.165) is 17.6 Å². The number of carboxylic acid groups (broad SMARTS) is 1. The van der Waals surface area contributed by atoms with Crippen LogP contribution in [0.4, 0.5) is 0 Å². The number of carboxylic acids is 1. The number of hydrogen-bond donors (Lipinski definition) is 2. The fourth-order valence-electron chi connectivity index (χ4n) is 2.54. The van der Waals surface area contributed by atoms with Gasteiger partial charge >= 0.3 is 5.97 Å². The summed E-state index contributed by atoms with van der Waals surface area (Å²) in [4.78, 5) is 23.3. The van der Waals surface area contributed by atoms with Crippen LogP contribution in [0.3, 0.4) is 0 Å². The van der Waals surface area contributed by atoms with Gasteiger partial charge in [0, 0.05) is 13.6 Å². The third kappa shape index (κ3) is 3.43. The zero-order valence-electron chi connectivity index (χ0n) is 14.0. The highest BCUT2D eigenvalue weighted by Crippen LogP contribution is 2.23. The molecule has 2 rings (SSSR count). The number of aromatic carboxylic acids is 1. The Hall–Kier alpha value is -2.35. The van der Waals surface area contributed by atoms with Gasteiger partial charge in [-0.05, 0) is 27.2 Å². The topological polar surface area (TPSA) is 102 Å². The van der Waals surface area contributed by atoms with E-state index in [9.17, 15) is 9.59 Å². The molecule has 2 N–H and O–H groups in total. The van der Waals surface area contributed by atoms with Gasteiger partial charge in [-0.2, -0.15) is 10.2 Å². The average molecular weight is 354 g/mol. The molecule has 1 atom stereocenters. The Labute approximate surface area is 144 Å². The van der Waals surface area contributed by atoms with Gasteiger partial charge in [-0.3, -0.25) is 14.2 Å². The smallest absolute Gasteiger partial charge is 0.339 e. The molecule has 0 bridgehead atoms. The SMILES string of the molecule is Cc1nn([C@@H](C)CCNC(=O)c2c(C(=O)O)cnn2C)c(C)c1Cl. The van der Waals surface area contributed by atoms with Crippen molar-refractivity contribution in [2.45, 2.75) is 33.2 Å². The molecule has 1 amide bonds. The largest absolute Gasteiger partial charge is 0.478 e. The van der Waals surface area contributed by atoms with Crippen molar-refractivity contribution in [2.24, 2.45) is 7.05 Å². The van der Waals surface area contributed by atoms with Crippen LogP contribution in [0.25, 0.3) is 0 Å². The highest BCUT2D eigenvalue weighted by Gasteiger charge is 2.21. The zero-order chi connectivity index (χ0) is 18.0. The van der Waals surface area contributed by atoms with Gasteiger partial charge in [0.25, 0.3) is 5.91 Å². The van der Waals surface area contributed by atoms with Gasteiger partial charge < -0.3 is 10.4 Å². The Morgan fingerprint density at radius 3 is 2.62 bits per heavy atom. The molecule has 0 aromatic carbocycles. The first-order chi connectivity index (χ1) is 11.2. The third-order valence-corrected chi connectivity index (χ3v) is 4.43. The molecule has 2 aromatic heterocycles. The second-order valence-electron chi connectivity index (χ2n) is 5.66. The molecule has 24 heavy (non-hydrogen) atoms. The second-order valence-corrected chi connectivity index (χ2v) is 6.04. The molecular weight excluding hydrogens is 334 g/mol. The lowest BCUT2D eigenvalue weighted by Crippen LogP contribution is -2.29. The van der Waals surface area contributed by atoms with Crippen LogP contribution in [-0.2, 0) is 7.05 Å².